The van der Waals surface area contributed by atoms with E-state index in [2.05, 4.69) is 41.7 Å². The van der Waals surface area contributed by atoms with Crippen molar-refractivity contribution in [2.75, 3.05) is 14.2 Å². The van der Waals surface area contributed by atoms with E-state index in [4.69, 9.17) is 21.1 Å². The number of rotatable bonds is 5. The van der Waals surface area contributed by atoms with E-state index >= 15 is 0 Å². The van der Waals surface area contributed by atoms with Crippen LogP contribution in [0, 0.1) is 0 Å². The molecule has 9 heteroatoms. The van der Waals surface area contributed by atoms with Crippen LogP contribution in [0.4, 0.5) is 0 Å². The summed E-state index contributed by atoms with van der Waals surface area (Å²) in [6, 6.07) is 12.7. The van der Waals surface area contributed by atoms with Gasteiger partial charge in [-0.3, -0.25) is 9.36 Å². The second-order valence-electron chi connectivity index (χ2n) is 9.06. The molecule has 0 radical (unpaired) electrons. The molecule has 0 bridgehead atoms. The van der Waals surface area contributed by atoms with Gasteiger partial charge < -0.3 is 14.0 Å². The number of thiazole rings is 1. The maximum Gasteiger partial charge on any atom is 0.338 e. The monoisotopic (exact) mass is 535 g/mol. The van der Waals surface area contributed by atoms with Crippen LogP contribution in [0.1, 0.15) is 44.0 Å². The van der Waals surface area contributed by atoms with Crippen molar-refractivity contribution in [3.05, 3.63) is 95.8 Å². The van der Waals surface area contributed by atoms with E-state index < -0.39 is 12.0 Å². The Morgan fingerprint density at radius 3 is 2.65 bits per heavy atom. The highest BCUT2D eigenvalue weighted by molar-refractivity contribution is 7.07. The van der Waals surface area contributed by atoms with Crippen LogP contribution in [-0.4, -0.2) is 29.3 Å². The molecule has 0 N–H and O–H groups in total. The van der Waals surface area contributed by atoms with E-state index in [-0.39, 0.29) is 17.2 Å². The fourth-order valence-corrected chi connectivity index (χ4v) is 6.04. The van der Waals surface area contributed by atoms with Crippen LogP contribution in [0.15, 0.2) is 69.7 Å². The van der Waals surface area contributed by atoms with Crippen molar-refractivity contribution < 1.29 is 14.3 Å². The molecule has 0 fully saturated rings. The van der Waals surface area contributed by atoms with Crippen LogP contribution in [0.5, 0.6) is 5.75 Å². The molecule has 1 atom stereocenters. The number of carbonyl (C=O) groups excluding carboxylic acids is 1. The summed E-state index contributed by atoms with van der Waals surface area (Å²) in [6.45, 7) is 5.99. The van der Waals surface area contributed by atoms with Crippen molar-refractivity contribution in [2.45, 2.75) is 32.9 Å². The molecule has 5 rings (SSSR count). The minimum absolute atomic E-state index is 0.258. The average molecular weight is 536 g/mol. The van der Waals surface area contributed by atoms with E-state index in [9.17, 15) is 9.59 Å². The Morgan fingerprint density at radius 1 is 1.19 bits per heavy atom. The Kier molecular flexibility index (Phi) is 6.56. The summed E-state index contributed by atoms with van der Waals surface area (Å²) in [5.74, 6) is -0.0670. The number of nitrogens with zero attached hydrogens (tertiary/aromatic N) is 3. The number of fused-ring (bicyclic) bond motifs is 2. The molecule has 0 unspecified atom stereocenters. The van der Waals surface area contributed by atoms with Gasteiger partial charge in [0.1, 0.15) is 11.8 Å². The molecule has 1 aliphatic heterocycles. The Balaban J connectivity index is 1.80. The zero-order chi connectivity index (χ0) is 26.4. The van der Waals surface area contributed by atoms with Crippen molar-refractivity contribution in [1.82, 2.24) is 9.13 Å². The van der Waals surface area contributed by atoms with Crippen LogP contribution in [0.25, 0.3) is 17.0 Å². The first-order valence-corrected chi connectivity index (χ1v) is 13.0. The maximum atomic E-state index is 14.0. The lowest BCUT2D eigenvalue weighted by Gasteiger charge is -2.25. The predicted octanol–water partition coefficient (Wildman–Crippen LogP) is 4.61. The third-order valence-electron chi connectivity index (χ3n) is 6.53. The normalized spacial score (nSPS) is 15.8. The number of aromatic nitrogens is 2. The van der Waals surface area contributed by atoms with E-state index in [1.54, 1.807) is 25.1 Å². The minimum Gasteiger partial charge on any atom is -0.496 e. The van der Waals surface area contributed by atoms with Gasteiger partial charge in [0.2, 0.25) is 0 Å². The zero-order valence-corrected chi connectivity index (χ0v) is 22.7. The van der Waals surface area contributed by atoms with Crippen LogP contribution in [0.2, 0.25) is 5.02 Å². The molecule has 0 spiro atoms. The van der Waals surface area contributed by atoms with Gasteiger partial charge >= 0.3 is 5.97 Å². The molecule has 37 heavy (non-hydrogen) atoms. The molecule has 0 aliphatic carbocycles. The van der Waals surface area contributed by atoms with E-state index in [1.807, 2.05) is 18.2 Å². The molecular formula is C28H26ClN3O4S. The molecule has 0 amide bonds. The highest BCUT2D eigenvalue weighted by Crippen LogP contribution is 2.37. The third kappa shape index (κ3) is 4.20. The Bertz CT molecular complexity index is 1760. The fraction of sp³-hybridized carbons (Fsp3) is 0.250. The number of methoxy groups -OCH3 is 2. The number of ether oxygens (including phenoxy) is 2. The Hall–Kier alpha value is -3.62. The maximum absolute atomic E-state index is 14.0. The van der Waals surface area contributed by atoms with Crippen LogP contribution in [0.3, 0.4) is 0 Å². The van der Waals surface area contributed by atoms with E-state index in [0.717, 1.165) is 16.5 Å². The number of hydrogen-bond donors (Lipinski definition) is 0. The molecule has 2 aromatic heterocycles. The number of halogens is 1. The predicted molar refractivity (Wildman–Crippen MR) is 146 cm³/mol. The van der Waals surface area contributed by atoms with Crippen molar-refractivity contribution in [3.8, 4) is 5.75 Å². The van der Waals surface area contributed by atoms with Crippen molar-refractivity contribution >= 4 is 45.9 Å². The number of allylic oxidation sites excluding steroid dienone is 1. The zero-order valence-electron chi connectivity index (χ0n) is 21.1. The Morgan fingerprint density at radius 2 is 1.95 bits per heavy atom. The molecule has 3 heterocycles. The first-order chi connectivity index (χ1) is 17.7. The average Bonchev–Trinajstić information content (AvgIpc) is 3.40. The van der Waals surface area contributed by atoms with E-state index in [1.165, 1.54) is 30.1 Å². The van der Waals surface area contributed by atoms with Gasteiger partial charge in [0.25, 0.3) is 5.56 Å². The quantitative estimate of drug-likeness (QED) is 0.350. The summed E-state index contributed by atoms with van der Waals surface area (Å²) in [4.78, 5) is 32.0. The molecule has 0 saturated carbocycles. The van der Waals surface area contributed by atoms with Crippen molar-refractivity contribution in [1.29, 1.82) is 0 Å². The summed E-state index contributed by atoms with van der Waals surface area (Å²) in [5, 5.41) is 1.51. The highest BCUT2D eigenvalue weighted by atomic mass is 35.5. The summed E-state index contributed by atoms with van der Waals surface area (Å²) in [7, 11) is 2.85. The van der Waals surface area contributed by atoms with Gasteiger partial charge in [-0.15, -0.1) is 0 Å². The molecule has 4 aromatic rings. The topological polar surface area (TPSA) is 74.8 Å². The number of esters is 1. The van der Waals surface area contributed by atoms with Crippen LogP contribution < -0.4 is 19.6 Å². The van der Waals surface area contributed by atoms with Gasteiger partial charge in [-0.05, 0) is 51.1 Å². The van der Waals surface area contributed by atoms with Crippen molar-refractivity contribution in [2.24, 2.45) is 4.99 Å². The van der Waals surface area contributed by atoms with Gasteiger partial charge in [0.15, 0.2) is 4.80 Å². The fourth-order valence-electron chi connectivity index (χ4n) is 4.82. The number of hydrogen-bond acceptors (Lipinski definition) is 6. The summed E-state index contributed by atoms with van der Waals surface area (Å²) in [6.07, 6.45) is 3.96. The summed E-state index contributed by atoms with van der Waals surface area (Å²) >= 11 is 7.63. The Labute approximate surface area is 222 Å². The summed E-state index contributed by atoms with van der Waals surface area (Å²) in [5.41, 5.74) is 3.10. The largest absolute Gasteiger partial charge is 0.496 e. The lowest BCUT2D eigenvalue weighted by atomic mass is 9.95. The number of para-hydroxylation sites is 1. The molecular weight excluding hydrogens is 510 g/mol. The molecule has 7 nitrogen and oxygen atoms in total. The van der Waals surface area contributed by atoms with Gasteiger partial charge in [0.05, 0.1) is 30.0 Å². The van der Waals surface area contributed by atoms with Gasteiger partial charge in [-0.1, -0.05) is 41.1 Å². The second-order valence-corrected chi connectivity index (χ2v) is 10.5. The molecule has 190 valence electrons. The third-order valence-corrected chi connectivity index (χ3v) is 7.75. The van der Waals surface area contributed by atoms with Gasteiger partial charge in [-0.25, -0.2) is 9.79 Å². The lowest BCUT2D eigenvalue weighted by Crippen LogP contribution is -2.40. The highest BCUT2D eigenvalue weighted by Gasteiger charge is 2.35. The first-order valence-electron chi connectivity index (χ1n) is 11.8. The summed E-state index contributed by atoms with van der Waals surface area (Å²) < 4.78 is 14.9. The van der Waals surface area contributed by atoms with Gasteiger partial charge in [-0.2, -0.15) is 0 Å². The van der Waals surface area contributed by atoms with Gasteiger partial charge in [0, 0.05) is 39.3 Å². The lowest BCUT2D eigenvalue weighted by molar-refractivity contribution is -0.136. The van der Waals surface area contributed by atoms with Crippen LogP contribution in [-0.2, 0) is 9.53 Å². The van der Waals surface area contributed by atoms with Crippen LogP contribution >= 0.6 is 22.9 Å². The second kappa shape index (κ2) is 9.68. The number of benzene rings is 2. The standard InChI is InChI=1S/C28H26ClN3O4S/c1-15(2)31-14-17(19-8-6-7-9-21(19)31)12-23-26(33)32-25(20-13-18(29)10-11-22(20)35-4)24(27(34)36-5)16(3)30-28(32)37-23/h6-15,25H,1-5H3/b23-12-/t25-/m1/s1. The number of carbonyl (C=O) groups is 1. The SMILES string of the molecule is COC(=O)C1=C(C)N=c2s/c(=C\c3cn(C(C)C)c4ccccc34)c(=O)n2[C@@H]1c1cc(Cl)ccc1OC. The van der Waals surface area contributed by atoms with Crippen molar-refractivity contribution in [3.63, 3.8) is 0 Å². The molecule has 0 saturated heterocycles. The minimum atomic E-state index is -0.809. The molecule has 1 aliphatic rings. The van der Waals surface area contributed by atoms with E-state index in [0.29, 0.717) is 31.4 Å². The molecule has 2 aromatic carbocycles. The first kappa shape index (κ1) is 25.0. The smallest absolute Gasteiger partial charge is 0.338 e.